The van der Waals surface area contributed by atoms with Gasteiger partial charge in [-0.15, -0.1) is 0 Å². The van der Waals surface area contributed by atoms with Crippen LogP contribution in [0.25, 0.3) is 0 Å². The quantitative estimate of drug-likeness (QED) is 0.741. The van der Waals surface area contributed by atoms with Crippen LogP contribution in [0.15, 0.2) is 48.3 Å². The Kier molecular flexibility index (Phi) is 2.64. The summed E-state index contributed by atoms with van der Waals surface area (Å²) in [5, 5.41) is 8.85. The van der Waals surface area contributed by atoms with E-state index in [1.54, 1.807) is 18.2 Å². The second-order valence-electron chi connectivity index (χ2n) is 3.45. The summed E-state index contributed by atoms with van der Waals surface area (Å²) in [6, 6.07) is 7.14. The molecule has 0 aromatic heterocycles. The van der Waals surface area contributed by atoms with Crippen LogP contribution in [0.5, 0.6) is 0 Å². The van der Waals surface area contributed by atoms with Crippen LogP contribution in [0.1, 0.15) is 11.7 Å². The smallest absolute Gasteiger partial charge is 0.335 e. The third kappa shape index (κ3) is 2.06. The Morgan fingerprint density at radius 1 is 1.31 bits per heavy atom. The largest absolute Gasteiger partial charge is 0.489 e. The fourth-order valence-electron chi connectivity index (χ4n) is 1.46. The summed E-state index contributed by atoms with van der Waals surface area (Å²) in [6.45, 7) is 0. The summed E-state index contributed by atoms with van der Waals surface area (Å²) in [5.74, 6) is -0.958. The van der Waals surface area contributed by atoms with Crippen molar-refractivity contribution >= 4 is 11.7 Å². The van der Waals surface area contributed by atoms with Gasteiger partial charge in [-0.2, -0.15) is 0 Å². The highest BCUT2D eigenvalue weighted by atomic mass is 16.5. The van der Waals surface area contributed by atoms with Gasteiger partial charge in [0.2, 0.25) is 0 Å². The van der Waals surface area contributed by atoms with Crippen LogP contribution in [0.2, 0.25) is 0 Å². The molecular formula is C12H11NO3. The maximum absolute atomic E-state index is 10.8. The third-order valence-corrected chi connectivity index (χ3v) is 2.32. The number of benzene rings is 1. The van der Waals surface area contributed by atoms with E-state index in [4.69, 9.17) is 15.6 Å². The van der Waals surface area contributed by atoms with Crippen LogP contribution in [0.3, 0.4) is 0 Å². The topological polar surface area (TPSA) is 72.6 Å². The number of anilines is 1. The minimum absolute atomic E-state index is 0.230. The van der Waals surface area contributed by atoms with Gasteiger partial charge in [-0.3, -0.25) is 0 Å². The minimum atomic E-state index is -0.958. The number of nitrogen functional groups attached to an aromatic ring is 1. The Bertz CT molecular complexity index is 460. The van der Waals surface area contributed by atoms with Gasteiger partial charge in [0.1, 0.15) is 6.10 Å². The van der Waals surface area contributed by atoms with E-state index in [1.807, 2.05) is 12.1 Å². The highest BCUT2D eigenvalue weighted by molar-refractivity contribution is 5.90. The van der Waals surface area contributed by atoms with Gasteiger partial charge in [0.05, 0.1) is 11.8 Å². The molecule has 1 aliphatic heterocycles. The Labute approximate surface area is 92.6 Å². The lowest BCUT2D eigenvalue weighted by atomic mass is 10.0. The second-order valence-corrected chi connectivity index (χ2v) is 3.45. The first-order valence-electron chi connectivity index (χ1n) is 4.79. The van der Waals surface area contributed by atoms with Gasteiger partial charge < -0.3 is 15.6 Å². The third-order valence-electron chi connectivity index (χ3n) is 2.32. The van der Waals surface area contributed by atoms with Crippen molar-refractivity contribution in [2.75, 3.05) is 5.73 Å². The lowest BCUT2D eigenvalue weighted by molar-refractivity contribution is -0.132. The van der Waals surface area contributed by atoms with Crippen molar-refractivity contribution in [3.63, 3.8) is 0 Å². The number of carbonyl (C=O) groups is 1. The van der Waals surface area contributed by atoms with Gasteiger partial charge in [0.25, 0.3) is 0 Å². The number of aliphatic carboxylic acids is 1. The molecule has 4 nitrogen and oxygen atoms in total. The zero-order valence-electron chi connectivity index (χ0n) is 8.46. The first-order valence-corrected chi connectivity index (χ1v) is 4.79. The number of carboxylic acid groups (broad SMARTS) is 1. The maximum Gasteiger partial charge on any atom is 0.335 e. The molecule has 2 rings (SSSR count). The lowest BCUT2D eigenvalue weighted by Crippen LogP contribution is -2.07. The highest BCUT2D eigenvalue weighted by Gasteiger charge is 2.16. The Balaban J connectivity index is 2.26. The number of ether oxygens (including phenoxy) is 1. The molecule has 0 aliphatic carbocycles. The molecule has 0 spiro atoms. The molecule has 0 saturated carbocycles. The van der Waals surface area contributed by atoms with E-state index in [0.717, 1.165) is 5.56 Å². The first kappa shape index (κ1) is 10.3. The van der Waals surface area contributed by atoms with Crippen molar-refractivity contribution in [3.8, 4) is 0 Å². The van der Waals surface area contributed by atoms with Crippen LogP contribution in [-0.4, -0.2) is 11.1 Å². The van der Waals surface area contributed by atoms with Crippen molar-refractivity contribution in [2.24, 2.45) is 0 Å². The van der Waals surface area contributed by atoms with Gasteiger partial charge in [-0.1, -0.05) is 12.1 Å². The molecule has 82 valence electrons. The summed E-state index contributed by atoms with van der Waals surface area (Å²) in [4.78, 5) is 10.8. The monoisotopic (exact) mass is 217 g/mol. The van der Waals surface area contributed by atoms with E-state index >= 15 is 0 Å². The fraction of sp³-hybridized carbons (Fsp3) is 0.0833. The summed E-state index contributed by atoms with van der Waals surface area (Å²) in [6.07, 6.45) is 4.02. The molecule has 1 aromatic rings. The molecule has 0 bridgehead atoms. The van der Waals surface area contributed by atoms with Gasteiger partial charge in [0, 0.05) is 5.69 Å². The minimum Gasteiger partial charge on any atom is -0.489 e. The second kappa shape index (κ2) is 4.10. The number of carboxylic acids is 1. The lowest BCUT2D eigenvalue weighted by Gasteiger charge is -2.17. The van der Waals surface area contributed by atoms with Crippen molar-refractivity contribution in [1.82, 2.24) is 0 Å². The van der Waals surface area contributed by atoms with Crippen molar-refractivity contribution in [1.29, 1.82) is 0 Å². The molecule has 0 amide bonds. The standard InChI is InChI=1S/C12H11NO3/c13-10-3-1-8(2-4-10)11-7-9(12(14)15)5-6-16-11/h1-7,11H,13H2,(H,14,15). The van der Waals surface area contributed by atoms with Crippen LogP contribution in [0, 0.1) is 0 Å². The fourth-order valence-corrected chi connectivity index (χ4v) is 1.46. The van der Waals surface area contributed by atoms with Gasteiger partial charge >= 0.3 is 5.97 Å². The molecular weight excluding hydrogens is 206 g/mol. The molecule has 1 aliphatic rings. The molecule has 0 saturated heterocycles. The molecule has 0 radical (unpaired) electrons. The number of rotatable bonds is 2. The summed E-state index contributed by atoms with van der Waals surface area (Å²) in [5.41, 5.74) is 7.33. The zero-order chi connectivity index (χ0) is 11.5. The number of hydrogen-bond acceptors (Lipinski definition) is 3. The molecule has 0 fully saturated rings. The molecule has 1 aromatic carbocycles. The van der Waals surface area contributed by atoms with Crippen molar-refractivity contribution < 1.29 is 14.6 Å². The molecule has 1 atom stereocenters. The Morgan fingerprint density at radius 3 is 2.62 bits per heavy atom. The van der Waals surface area contributed by atoms with E-state index in [9.17, 15) is 4.79 Å². The average Bonchev–Trinajstić information content (AvgIpc) is 2.30. The van der Waals surface area contributed by atoms with Crippen LogP contribution in [-0.2, 0) is 9.53 Å². The average molecular weight is 217 g/mol. The van der Waals surface area contributed by atoms with E-state index in [1.165, 1.54) is 12.3 Å². The first-order chi connectivity index (χ1) is 7.66. The molecule has 16 heavy (non-hydrogen) atoms. The summed E-state index contributed by atoms with van der Waals surface area (Å²) < 4.78 is 5.32. The predicted molar refractivity (Wildman–Crippen MR) is 59.5 cm³/mol. The van der Waals surface area contributed by atoms with E-state index in [-0.39, 0.29) is 11.7 Å². The van der Waals surface area contributed by atoms with E-state index < -0.39 is 5.97 Å². The van der Waals surface area contributed by atoms with Gasteiger partial charge in [-0.05, 0) is 29.8 Å². The Morgan fingerprint density at radius 2 is 2.00 bits per heavy atom. The van der Waals surface area contributed by atoms with Crippen LogP contribution in [0.4, 0.5) is 5.69 Å². The zero-order valence-corrected chi connectivity index (χ0v) is 8.46. The van der Waals surface area contributed by atoms with Crippen LogP contribution >= 0.6 is 0 Å². The normalized spacial score (nSPS) is 18.8. The summed E-state index contributed by atoms with van der Waals surface area (Å²) in [7, 11) is 0. The van der Waals surface area contributed by atoms with E-state index in [2.05, 4.69) is 0 Å². The van der Waals surface area contributed by atoms with Crippen molar-refractivity contribution in [3.05, 3.63) is 53.8 Å². The SMILES string of the molecule is Nc1ccc(C2C=C(C(=O)O)C=CO2)cc1. The van der Waals surface area contributed by atoms with Crippen LogP contribution < -0.4 is 5.73 Å². The van der Waals surface area contributed by atoms with Gasteiger partial charge in [0.15, 0.2) is 0 Å². The molecule has 3 N–H and O–H groups in total. The van der Waals surface area contributed by atoms with E-state index in [0.29, 0.717) is 5.69 Å². The molecule has 1 unspecified atom stereocenters. The number of hydrogen-bond donors (Lipinski definition) is 2. The molecule has 4 heteroatoms. The number of nitrogens with two attached hydrogens (primary N) is 1. The van der Waals surface area contributed by atoms with Crippen molar-refractivity contribution in [2.45, 2.75) is 6.10 Å². The molecule has 1 heterocycles. The van der Waals surface area contributed by atoms with Gasteiger partial charge in [-0.25, -0.2) is 4.79 Å². The maximum atomic E-state index is 10.8. The Hall–Kier alpha value is -2.23. The highest BCUT2D eigenvalue weighted by Crippen LogP contribution is 2.25. The predicted octanol–water partition coefficient (Wildman–Crippen LogP) is 1.86. The summed E-state index contributed by atoms with van der Waals surface area (Å²) >= 11 is 0.